The number of benzene rings is 1. The number of hydrogen-bond acceptors (Lipinski definition) is 3. The van der Waals surface area contributed by atoms with Crippen molar-refractivity contribution < 1.29 is 4.79 Å². The Hall–Kier alpha value is -0.230. The molecule has 1 aromatic carbocycles. The van der Waals surface area contributed by atoms with Crippen LogP contribution in [0.1, 0.15) is 12.0 Å². The normalized spacial score (nSPS) is 9.84. The molecule has 0 fully saturated rings. The zero-order chi connectivity index (χ0) is 13.4. The van der Waals surface area contributed by atoms with E-state index in [9.17, 15) is 4.79 Å². The minimum absolute atomic E-state index is 0. The maximum atomic E-state index is 11.6. The van der Waals surface area contributed by atoms with Crippen LogP contribution >= 0.6 is 40.1 Å². The number of rotatable bonds is 7. The van der Waals surface area contributed by atoms with Gasteiger partial charge in [-0.05, 0) is 50.7 Å². The number of nitrogens with one attached hydrogen (secondary N) is 2. The average molecular weight is 368 g/mol. The summed E-state index contributed by atoms with van der Waals surface area (Å²) in [5.41, 5.74) is 1.19. The smallest absolute Gasteiger partial charge is 0.230 e. The van der Waals surface area contributed by atoms with Gasteiger partial charge in [-0.25, -0.2) is 0 Å². The van der Waals surface area contributed by atoms with E-state index in [-0.39, 0.29) is 18.3 Å². The molecule has 0 aromatic heterocycles. The zero-order valence-corrected chi connectivity index (χ0v) is 14.4. The van der Waals surface area contributed by atoms with E-state index in [0.29, 0.717) is 5.75 Å². The van der Waals surface area contributed by atoms with Gasteiger partial charge < -0.3 is 10.6 Å². The van der Waals surface area contributed by atoms with Crippen molar-refractivity contribution >= 4 is 46.0 Å². The number of carbonyl (C=O) groups is 1. The van der Waals surface area contributed by atoms with Gasteiger partial charge in [-0.15, -0.1) is 24.2 Å². The SMILES string of the molecule is CNCCCNC(=O)CSc1ccc(Br)cc1C.Cl. The summed E-state index contributed by atoms with van der Waals surface area (Å²) < 4.78 is 1.07. The molecule has 1 amide bonds. The van der Waals surface area contributed by atoms with Crippen molar-refractivity contribution in [3.05, 3.63) is 28.2 Å². The number of aryl methyl sites for hydroxylation is 1. The number of thioether (sulfide) groups is 1. The third kappa shape index (κ3) is 7.82. The third-order valence-electron chi connectivity index (χ3n) is 2.42. The summed E-state index contributed by atoms with van der Waals surface area (Å²) in [4.78, 5) is 12.8. The zero-order valence-electron chi connectivity index (χ0n) is 11.2. The maximum Gasteiger partial charge on any atom is 0.230 e. The lowest BCUT2D eigenvalue weighted by atomic mass is 10.2. The molecule has 6 heteroatoms. The van der Waals surface area contributed by atoms with Gasteiger partial charge in [0.2, 0.25) is 5.91 Å². The Balaban J connectivity index is 0.00000324. The molecule has 0 aliphatic heterocycles. The summed E-state index contributed by atoms with van der Waals surface area (Å²) in [5.74, 6) is 0.570. The molecule has 0 aliphatic rings. The lowest BCUT2D eigenvalue weighted by Crippen LogP contribution is -2.28. The molecule has 0 bridgehead atoms. The molecule has 0 atom stereocenters. The molecule has 3 nitrogen and oxygen atoms in total. The fourth-order valence-corrected chi connectivity index (χ4v) is 2.78. The molecule has 0 saturated carbocycles. The van der Waals surface area contributed by atoms with E-state index in [4.69, 9.17) is 0 Å². The summed E-state index contributed by atoms with van der Waals surface area (Å²) in [5, 5.41) is 5.96. The molecule has 0 aliphatic carbocycles. The largest absolute Gasteiger partial charge is 0.355 e. The van der Waals surface area contributed by atoms with Gasteiger partial charge in [-0.3, -0.25) is 4.79 Å². The van der Waals surface area contributed by atoms with Gasteiger partial charge in [0.1, 0.15) is 0 Å². The standard InChI is InChI=1S/C13H19BrN2OS.ClH/c1-10-8-11(14)4-5-12(10)18-9-13(17)16-7-3-6-15-2;/h4-5,8,15H,3,6-7,9H2,1-2H3,(H,16,17);1H. The number of carbonyl (C=O) groups excluding carboxylic acids is 1. The summed E-state index contributed by atoms with van der Waals surface area (Å²) in [7, 11) is 1.91. The van der Waals surface area contributed by atoms with Crippen molar-refractivity contribution in [3.8, 4) is 0 Å². The van der Waals surface area contributed by atoms with Crippen LogP contribution in [0.5, 0.6) is 0 Å². The molecule has 0 radical (unpaired) electrons. The predicted molar refractivity (Wildman–Crippen MR) is 88.4 cm³/mol. The molecule has 0 unspecified atom stereocenters. The van der Waals surface area contributed by atoms with Crippen molar-refractivity contribution in [3.63, 3.8) is 0 Å². The maximum absolute atomic E-state index is 11.6. The Morgan fingerprint density at radius 2 is 2.11 bits per heavy atom. The molecule has 1 rings (SSSR count). The van der Waals surface area contributed by atoms with Gasteiger partial charge in [0, 0.05) is 15.9 Å². The number of amides is 1. The highest BCUT2D eigenvalue weighted by Crippen LogP contribution is 2.24. The van der Waals surface area contributed by atoms with Crippen LogP contribution < -0.4 is 10.6 Å². The molecular weight excluding hydrogens is 348 g/mol. The van der Waals surface area contributed by atoms with E-state index < -0.39 is 0 Å². The first-order chi connectivity index (χ1) is 8.63. The number of hydrogen-bond donors (Lipinski definition) is 2. The number of halogens is 2. The van der Waals surface area contributed by atoms with Gasteiger partial charge in [-0.2, -0.15) is 0 Å². The summed E-state index contributed by atoms with van der Waals surface area (Å²) in [6, 6.07) is 6.10. The molecule has 0 saturated heterocycles. The van der Waals surface area contributed by atoms with Crippen molar-refractivity contribution in [2.45, 2.75) is 18.2 Å². The van der Waals surface area contributed by atoms with E-state index in [1.54, 1.807) is 11.8 Å². The second-order valence-corrected chi connectivity index (χ2v) is 5.94. The Morgan fingerprint density at radius 1 is 1.37 bits per heavy atom. The van der Waals surface area contributed by atoms with Crippen molar-refractivity contribution in [1.29, 1.82) is 0 Å². The van der Waals surface area contributed by atoms with Crippen LogP contribution in [0, 0.1) is 6.92 Å². The fraction of sp³-hybridized carbons (Fsp3) is 0.462. The molecule has 0 spiro atoms. The van der Waals surface area contributed by atoms with Crippen LogP contribution in [0.15, 0.2) is 27.6 Å². The molecule has 19 heavy (non-hydrogen) atoms. The first kappa shape index (κ1) is 18.8. The van der Waals surface area contributed by atoms with E-state index in [1.807, 2.05) is 19.2 Å². The van der Waals surface area contributed by atoms with Crippen LogP contribution in [-0.2, 0) is 4.79 Å². The lowest BCUT2D eigenvalue weighted by Gasteiger charge is -2.07. The monoisotopic (exact) mass is 366 g/mol. The molecule has 2 N–H and O–H groups in total. The quantitative estimate of drug-likeness (QED) is 0.575. The second-order valence-electron chi connectivity index (χ2n) is 4.01. The fourth-order valence-electron chi connectivity index (χ4n) is 1.46. The van der Waals surface area contributed by atoms with Crippen molar-refractivity contribution in [2.24, 2.45) is 0 Å². The van der Waals surface area contributed by atoms with Gasteiger partial charge in [0.15, 0.2) is 0 Å². The predicted octanol–water partition coefficient (Wildman–Crippen LogP) is 3.00. The van der Waals surface area contributed by atoms with Gasteiger partial charge >= 0.3 is 0 Å². The minimum atomic E-state index is 0. The van der Waals surface area contributed by atoms with Crippen molar-refractivity contribution in [2.75, 3.05) is 25.9 Å². The Kier molecular flexibility index (Phi) is 10.4. The average Bonchev–Trinajstić information content (AvgIpc) is 2.33. The molecular formula is C13H20BrClN2OS. The Labute approximate surface area is 133 Å². The summed E-state index contributed by atoms with van der Waals surface area (Å²) >= 11 is 5.01. The van der Waals surface area contributed by atoms with E-state index in [2.05, 4.69) is 39.6 Å². The van der Waals surface area contributed by atoms with Gasteiger partial charge in [0.05, 0.1) is 5.75 Å². The van der Waals surface area contributed by atoms with Crippen LogP contribution in [0.3, 0.4) is 0 Å². The highest BCUT2D eigenvalue weighted by molar-refractivity contribution is 9.10. The van der Waals surface area contributed by atoms with Crippen LogP contribution in [0.4, 0.5) is 0 Å². The van der Waals surface area contributed by atoms with Gasteiger partial charge in [-0.1, -0.05) is 15.9 Å². The lowest BCUT2D eigenvalue weighted by molar-refractivity contribution is -0.118. The first-order valence-corrected chi connectivity index (χ1v) is 7.71. The Morgan fingerprint density at radius 3 is 2.74 bits per heavy atom. The minimum Gasteiger partial charge on any atom is -0.355 e. The summed E-state index contributed by atoms with van der Waals surface area (Å²) in [6.45, 7) is 3.72. The highest BCUT2D eigenvalue weighted by atomic mass is 79.9. The van der Waals surface area contributed by atoms with E-state index >= 15 is 0 Å². The summed E-state index contributed by atoms with van der Waals surface area (Å²) in [6.07, 6.45) is 0.963. The second kappa shape index (κ2) is 10.5. The van der Waals surface area contributed by atoms with Crippen LogP contribution in [-0.4, -0.2) is 31.8 Å². The third-order valence-corrected chi connectivity index (χ3v) is 4.09. The topological polar surface area (TPSA) is 41.1 Å². The van der Waals surface area contributed by atoms with E-state index in [0.717, 1.165) is 28.9 Å². The van der Waals surface area contributed by atoms with Crippen LogP contribution in [0.2, 0.25) is 0 Å². The van der Waals surface area contributed by atoms with Crippen LogP contribution in [0.25, 0.3) is 0 Å². The molecule has 0 heterocycles. The first-order valence-electron chi connectivity index (χ1n) is 5.93. The van der Waals surface area contributed by atoms with Gasteiger partial charge in [0.25, 0.3) is 0 Å². The van der Waals surface area contributed by atoms with E-state index in [1.165, 1.54) is 5.56 Å². The van der Waals surface area contributed by atoms with Crippen molar-refractivity contribution in [1.82, 2.24) is 10.6 Å². The molecule has 108 valence electrons. The molecule has 1 aromatic rings. The highest BCUT2D eigenvalue weighted by Gasteiger charge is 2.04. The Bertz CT molecular complexity index is 404.